The molecule has 1 aromatic rings. The predicted molar refractivity (Wildman–Crippen MR) is 82.4 cm³/mol. The van der Waals surface area contributed by atoms with E-state index < -0.39 is 11.6 Å². The maximum absolute atomic E-state index is 12.1. The lowest BCUT2D eigenvalue weighted by molar-refractivity contribution is -0.148. The summed E-state index contributed by atoms with van der Waals surface area (Å²) in [6.07, 6.45) is 5.06. The van der Waals surface area contributed by atoms with E-state index >= 15 is 0 Å². The zero-order valence-electron chi connectivity index (χ0n) is 10.4. The maximum atomic E-state index is 12.1. The zero-order valence-corrected chi connectivity index (χ0v) is 12.5. The number of carbonyl (C=O) groups excluding carboxylic acids is 1. The lowest BCUT2D eigenvalue weighted by Crippen LogP contribution is -2.35. The third-order valence-corrected chi connectivity index (χ3v) is 3.63. The first-order chi connectivity index (χ1) is 9.11. The second-order valence-corrected chi connectivity index (χ2v) is 4.58. The number of carbonyl (C=O) groups is 1. The van der Waals surface area contributed by atoms with Crippen LogP contribution in [-0.4, -0.2) is 11.1 Å². The van der Waals surface area contributed by atoms with E-state index in [1.807, 2.05) is 25.1 Å². The minimum absolute atomic E-state index is 0.493. The maximum Gasteiger partial charge on any atom is 0.357 e. The van der Waals surface area contributed by atoms with Gasteiger partial charge in [0.2, 0.25) is 5.60 Å². The summed E-state index contributed by atoms with van der Waals surface area (Å²) in [5.74, 6) is -0.703. The van der Waals surface area contributed by atoms with Crippen LogP contribution in [0.3, 0.4) is 0 Å². The van der Waals surface area contributed by atoms with Crippen molar-refractivity contribution in [3.05, 3.63) is 65.8 Å². The molecule has 2 rings (SSSR count). The van der Waals surface area contributed by atoms with Crippen molar-refractivity contribution in [3.63, 3.8) is 0 Å². The molecule has 0 aromatic heterocycles. The molecule has 98 valence electrons. The van der Waals surface area contributed by atoms with Gasteiger partial charge in [0.05, 0.1) is 0 Å². The standard InChI is InChI=1S/C15H13IO3/c1-3-7-12-10(4-2)11-8-5-6-9-13(11)15(12,18)14(17)19-16/h3-9,18H,1H2,2H3/b10-4-,12-7+. The molecule has 0 radical (unpaired) electrons. The van der Waals surface area contributed by atoms with Crippen LogP contribution in [-0.2, 0) is 13.5 Å². The predicted octanol–water partition coefficient (Wildman–Crippen LogP) is 3.30. The molecule has 0 spiro atoms. The number of hydrogen-bond donors (Lipinski definition) is 1. The van der Waals surface area contributed by atoms with Gasteiger partial charge in [0.25, 0.3) is 0 Å². The van der Waals surface area contributed by atoms with E-state index in [9.17, 15) is 9.90 Å². The third kappa shape index (κ3) is 1.95. The normalized spacial score (nSPS) is 25.4. The number of aliphatic hydroxyl groups is 1. The number of rotatable bonds is 2. The van der Waals surface area contributed by atoms with Gasteiger partial charge in [0.1, 0.15) is 0 Å². The van der Waals surface area contributed by atoms with E-state index in [1.165, 1.54) is 23.0 Å². The second-order valence-electron chi connectivity index (χ2n) is 4.14. The van der Waals surface area contributed by atoms with Crippen molar-refractivity contribution in [1.82, 2.24) is 0 Å². The summed E-state index contributed by atoms with van der Waals surface area (Å²) < 4.78 is 4.74. The lowest BCUT2D eigenvalue weighted by atomic mass is 9.91. The molecule has 19 heavy (non-hydrogen) atoms. The Morgan fingerprint density at radius 2 is 2.16 bits per heavy atom. The highest BCUT2D eigenvalue weighted by atomic mass is 127. The fourth-order valence-corrected chi connectivity index (χ4v) is 2.75. The van der Waals surface area contributed by atoms with Crippen LogP contribution < -0.4 is 0 Å². The van der Waals surface area contributed by atoms with Crippen molar-refractivity contribution in [2.45, 2.75) is 12.5 Å². The molecule has 0 fully saturated rings. The Morgan fingerprint density at radius 1 is 1.47 bits per heavy atom. The molecule has 1 aliphatic carbocycles. The third-order valence-electron chi connectivity index (χ3n) is 3.23. The number of allylic oxidation sites excluding steroid dienone is 3. The smallest absolute Gasteiger partial charge is 0.357 e. The largest absolute Gasteiger partial charge is 0.392 e. The van der Waals surface area contributed by atoms with Crippen molar-refractivity contribution in [3.8, 4) is 0 Å². The summed E-state index contributed by atoms with van der Waals surface area (Å²) in [6.45, 7) is 5.50. The quantitative estimate of drug-likeness (QED) is 0.815. The minimum Gasteiger partial charge on any atom is -0.392 e. The van der Waals surface area contributed by atoms with Gasteiger partial charge in [0, 0.05) is 11.1 Å². The van der Waals surface area contributed by atoms with Gasteiger partial charge in [-0.25, -0.2) is 4.79 Å². The van der Waals surface area contributed by atoms with Gasteiger partial charge in [0.15, 0.2) is 23.0 Å². The number of hydrogen-bond acceptors (Lipinski definition) is 3. The SMILES string of the molecule is C=C/C=C1\C(=C/C)c2ccccc2C1(O)C(=O)OI. The van der Waals surface area contributed by atoms with Crippen molar-refractivity contribution >= 4 is 34.5 Å². The van der Waals surface area contributed by atoms with Gasteiger partial charge < -0.3 is 8.17 Å². The van der Waals surface area contributed by atoms with Crippen molar-refractivity contribution in [2.75, 3.05) is 0 Å². The summed E-state index contributed by atoms with van der Waals surface area (Å²) >= 11 is 1.49. The topological polar surface area (TPSA) is 46.5 Å². The Bertz CT molecular complexity index is 601. The molecular weight excluding hydrogens is 355 g/mol. The Hall–Kier alpha value is -1.40. The number of fused-ring (bicyclic) bond motifs is 1. The van der Waals surface area contributed by atoms with Crippen LogP contribution in [0, 0.1) is 0 Å². The molecule has 0 saturated carbocycles. The van der Waals surface area contributed by atoms with Crippen LogP contribution in [0.25, 0.3) is 5.57 Å². The fourth-order valence-electron chi connectivity index (χ4n) is 2.43. The van der Waals surface area contributed by atoms with Crippen LogP contribution in [0.1, 0.15) is 18.1 Å². The molecule has 0 heterocycles. The molecule has 1 aromatic carbocycles. The number of halogens is 1. The Kier molecular flexibility index (Phi) is 3.91. The van der Waals surface area contributed by atoms with Gasteiger partial charge in [-0.3, -0.25) is 0 Å². The molecule has 1 aliphatic rings. The summed E-state index contributed by atoms with van der Waals surface area (Å²) in [6, 6.07) is 7.26. The van der Waals surface area contributed by atoms with Gasteiger partial charge in [-0.1, -0.05) is 49.1 Å². The van der Waals surface area contributed by atoms with Crippen molar-refractivity contribution < 1.29 is 13.0 Å². The second kappa shape index (κ2) is 5.30. The Morgan fingerprint density at radius 3 is 2.74 bits per heavy atom. The average molecular weight is 368 g/mol. The minimum atomic E-state index is -1.77. The van der Waals surface area contributed by atoms with E-state index in [2.05, 4.69) is 6.58 Å². The van der Waals surface area contributed by atoms with Crippen LogP contribution in [0.2, 0.25) is 0 Å². The molecule has 0 aliphatic heterocycles. The van der Waals surface area contributed by atoms with Gasteiger partial charge in [-0.05, 0) is 18.1 Å². The van der Waals surface area contributed by atoms with E-state index in [0.29, 0.717) is 11.1 Å². The molecule has 1 N–H and O–H groups in total. The first-order valence-electron chi connectivity index (χ1n) is 5.76. The van der Waals surface area contributed by atoms with Crippen LogP contribution in [0.4, 0.5) is 0 Å². The van der Waals surface area contributed by atoms with Gasteiger partial charge >= 0.3 is 5.97 Å². The van der Waals surface area contributed by atoms with Crippen molar-refractivity contribution in [1.29, 1.82) is 0 Å². The summed E-state index contributed by atoms with van der Waals surface area (Å²) in [5, 5.41) is 10.9. The van der Waals surface area contributed by atoms with E-state index in [4.69, 9.17) is 3.07 Å². The molecule has 0 saturated heterocycles. The van der Waals surface area contributed by atoms with Crippen LogP contribution in [0.5, 0.6) is 0 Å². The molecule has 1 atom stereocenters. The van der Waals surface area contributed by atoms with E-state index in [1.54, 1.807) is 24.3 Å². The first kappa shape index (κ1) is 14.0. The van der Waals surface area contributed by atoms with E-state index in [-0.39, 0.29) is 0 Å². The summed E-state index contributed by atoms with van der Waals surface area (Å²) in [5.41, 5.74) is 0.918. The van der Waals surface area contributed by atoms with Gasteiger partial charge in [-0.15, -0.1) is 0 Å². The highest BCUT2D eigenvalue weighted by Gasteiger charge is 2.50. The molecule has 0 amide bonds. The summed E-state index contributed by atoms with van der Waals surface area (Å²) in [4.78, 5) is 12.1. The van der Waals surface area contributed by atoms with Crippen molar-refractivity contribution in [2.24, 2.45) is 0 Å². The van der Waals surface area contributed by atoms with Crippen LogP contribution >= 0.6 is 23.0 Å². The number of benzene rings is 1. The highest BCUT2D eigenvalue weighted by Crippen LogP contribution is 2.49. The van der Waals surface area contributed by atoms with Gasteiger partial charge in [-0.2, -0.15) is 0 Å². The Balaban J connectivity index is 2.80. The first-order valence-corrected chi connectivity index (χ1v) is 6.64. The molecule has 0 bridgehead atoms. The monoisotopic (exact) mass is 368 g/mol. The highest BCUT2D eigenvalue weighted by molar-refractivity contribution is 14.1. The van der Waals surface area contributed by atoms with E-state index in [0.717, 1.165) is 11.1 Å². The lowest BCUT2D eigenvalue weighted by Gasteiger charge is -2.21. The molecule has 4 heteroatoms. The Labute approximate surface area is 126 Å². The molecule has 1 unspecified atom stereocenters. The average Bonchev–Trinajstić information content (AvgIpc) is 2.69. The zero-order chi connectivity index (χ0) is 14.0. The molecular formula is C15H13IO3. The summed E-state index contributed by atoms with van der Waals surface area (Å²) in [7, 11) is 0. The van der Waals surface area contributed by atoms with Crippen LogP contribution in [0.15, 0.2) is 54.6 Å². The molecule has 3 nitrogen and oxygen atoms in total. The fraction of sp³-hybridized carbons (Fsp3) is 0.133.